The highest BCUT2D eigenvalue weighted by Gasteiger charge is 2.46. The summed E-state index contributed by atoms with van der Waals surface area (Å²) in [5, 5.41) is 11.0. The molecule has 1 N–H and O–H groups in total. The minimum absolute atomic E-state index is 0.0490. The standard InChI is InChI=1S/C24H29N3O5/c1-5-26(6-2)13-14-27-21(17-7-8-18(31-3)19(15-17)32-4)20(23(29)24(27)30)22(28)16-9-11-25-12-10-16/h7-12,15,21,28H,5-6,13-14H2,1-4H3/t21-/m0/s1. The summed E-state index contributed by atoms with van der Waals surface area (Å²) >= 11 is 0. The van der Waals surface area contributed by atoms with Crippen molar-refractivity contribution in [2.45, 2.75) is 19.9 Å². The third-order valence-corrected chi connectivity index (χ3v) is 5.77. The van der Waals surface area contributed by atoms with Crippen LogP contribution in [0.4, 0.5) is 0 Å². The van der Waals surface area contributed by atoms with E-state index in [1.807, 2.05) is 13.8 Å². The molecule has 1 saturated heterocycles. The Morgan fingerprint density at radius 3 is 2.31 bits per heavy atom. The van der Waals surface area contributed by atoms with Gasteiger partial charge in [0.2, 0.25) is 0 Å². The van der Waals surface area contributed by atoms with Crippen LogP contribution in [0.25, 0.3) is 5.76 Å². The normalized spacial score (nSPS) is 17.8. The summed E-state index contributed by atoms with van der Waals surface area (Å²) in [5.74, 6) is -0.559. The second-order valence-electron chi connectivity index (χ2n) is 7.37. The number of rotatable bonds is 9. The Morgan fingerprint density at radius 2 is 1.72 bits per heavy atom. The molecule has 0 saturated carbocycles. The van der Waals surface area contributed by atoms with Crippen LogP contribution in [0.3, 0.4) is 0 Å². The maximum atomic E-state index is 13.1. The quantitative estimate of drug-likeness (QED) is 0.365. The number of methoxy groups -OCH3 is 2. The van der Waals surface area contributed by atoms with E-state index in [0.29, 0.717) is 35.7 Å². The molecule has 0 aliphatic carbocycles. The number of ether oxygens (including phenoxy) is 2. The Bertz CT molecular complexity index is 1000. The molecule has 0 radical (unpaired) electrons. The molecule has 1 aliphatic rings. The zero-order valence-electron chi connectivity index (χ0n) is 18.9. The summed E-state index contributed by atoms with van der Waals surface area (Å²) in [7, 11) is 3.06. The lowest BCUT2D eigenvalue weighted by Gasteiger charge is -2.28. The van der Waals surface area contributed by atoms with Gasteiger partial charge in [0, 0.05) is 31.0 Å². The molecular weight excluding hydrogens is 410 g/mol. The molecule has 3 rings (SSSR count). The van der Waals surface area contributed by atoms with E-state index in [0.717, 1.165) is 13.1 Å². The number of aliphatic hydroxyl groups excluding tert-OH is 1. The van der Waals surface area contributed by atoms with Crippen molar-refractivity contribution in [2.24, 2.45) is 0 Å². The van der Waals surface area contributed by atoms with Gasteiger partial charge in [-0.3, -0.25) is 14.6 Å². The van der Waals surface area contributed by atoms with Crippen molar-refractivity contribution in [1.29, 1.82) is 0 Å². The zero-order valence-corrected chi connectivity index (χ0v) is 18.9. The maximum absolute atomic E-state index is 13.1. The van der Waals surface area contributed by atoms with Crippen LogP contribution in [0.5, 0.6) is 11.5 Å². The lowest BCUT2D eigenvalue weighted by Crippen LogP contribution is -2.38. The topological polar surface area (TPSA) is 92.2 Å². The molecule has 1 fully saturated rings. The van der Waals surface area contributed by atoms with Crippen LogP contribution in [0.15, 0.2) is 48.3 Å². The number of benzene rings is 1. The van der Waals surface area contributed by atoms with Crippen molar-refractivity contribution in [3.05, 3.63) is 59.4 Å². The maximum Gasteiger partial charge on any atom is 0.295 e. The van der Waals surface area contributed by atoms with Gasteiger partial charge >= 0.3 is 0 Å². The van der Waals surface area contributed by atoms with Crippen LogP contribution in [-0.4, -0.2) is 72.0 Å². The molecule has 32 heavy (non-hydrogen) atoms. The minimum Gasteiger partial charge on any atom is -0.507 e. The van der Waals surface area contributed by atoms with Gasteiger partial charge in [-0.15, -0.1) is 0 Å². The smallest absolute Gasteiger partial charge is 0.295 e. The third kappa shape index (κ3) is 4.45. The second kappa shape index (κ2) is 10.3. The molecule has 0 bridgehead atoms. The van der Waals surface area contributed by atoms with Crippen molar-refractivity contribution in [3.63, 3.8) is 0 Å². The van der Waals surface area contributed by atoms with Gasteiger partial charge in [0.25, 0.3) is 11.7 Å². The molecule has 1 atom stereocenters. The van der Waals surface area contributed by atoms with Crippen LogP contribution in [0, 0.1) is 0 Å². The average molecular weight is 440 g/mol. The largest absolute Gasteiger partial charge is 0.507 e. The predicted molar refractivity (Wildman–Crippen MR) is 121 cm³/mol. The lowest BCUT2D eigenvalue weighted by atomic mass is 9.95. The fraction of sp³-hybridized carbons (Fsp3) is 0.375. The number of aromatic nitrogens is 1. The number of amides is 1. The van der Waals surface area contributed by atoms with E-state index in [-0.39, 0.29) is 11.3 Å². The number of Topliss-reactive ketones (excluding diaryl/α,β-unsaturated/α-hetero) is 1. The van der Waals surface area contributed by atoms with Gasteiger partial charge in [-0.2, -0.15) is 0 Å². The zero-order chi connectivity index (χ0) is 23.3. The first-order valence-electron chi connectivity index (χ1n) is 10.6. The molecule has 1 aliphatic heterocycles. The van der Waals surface area contributed by atoms with Gasteiger partial charge in [-0.05, 0) is 42.9 Å². The van der Waals surface area contributed by atoms with Gasteiger partial charge in [-0.25, -0.2) is 0 Å². The summed E-state index contributed by atoms with van der Waals surface area (Å²) in [6, 6.07) is 7.69. The SMILES string of the molecule is CCN(CC)CCN1C(=O)C(=O)C(=C(O)c2ccncc2)[C@@H]1c1ccc(OC)c(OC)c1. The number of likely N-dealkylation sites (N-methyl/N-ethyl adjacent to an activating group) is 1. The van der Waals surface area contributed by atoms with E-state index in [1.54, 1.807) is 30.3 Å². The summed E-state index contributed by atoms with van der Waals surface area (Å²) < 4.78 is 10.8. The van der Waals surface area contributed by atoms with E-state index in [1.165, 1.54) is 31.5 Å². The average Bonchev–Trinajstić information content (AvgIpc) is 3.09. The Hall–Kier alpha value is -3.39. The highest BCUT2D eigenvalue weighted by Crippen LogP contribution is 2.41. The molecule has 1 aromatic heterocycles. The fourth-order valence-corrected chi connectivity index (χ4v) is 3.93. The Labute approximate surface area is 188 Å². The number of hydrogen-bond acceptors (Lipinski definition) is 7. The van der Waals surface area contributed by atoms with Crippen molar-refractivity contribution >= 4 is 17.4 Å². The molecule has 0 unspecified atom stereocenters. The van der Waals surface area contributed by atoms with E-state index < -0.39 is 17.7 Å². The Kier molecular flexibility index (Phi) is 7.48. The number of hydrogen-bond donors (Lipinski definition) is 1. The summed E-state index contributed by atoms with van der Waals surface area (Å²) in [5.41, 5.74) is 1.12. The minimum atomic E-state index is -0.751. The number of aliphatic hydroxyl groups is 1. The second-order valence-corrected chi connectivity index (χ2v) is 7.37. The van der Waals surface area contributed by atoms with Crippen LogP contribution in [0.1, 0.15) is 31.0 Å². The molecule has 8 heteroatoms. The van der Waals surface area contributed by atoms with Crippen molar-refractivity contribution in [1.82, 2.24) is 14.8 Å². The molecule has 1 aromatic carbocycles. The highest BCUT2D eigenvalue weighted by atomic mass is 16.5. The number of carbonyl (C=O) groups is 2. The number of likely N-dealkylation sites (tertiary alicyclic amines) is 1. The van der Waals surface area contributed by atoms with Gasteiger partial charge in [-0.1, -0.05) is 19.9 Å². The van der Waals surface area contributed by atoms with Gasteiger partial charge < -0.3 is 24.4 Å². The van der Waals surface area contributed by atoms with Crippen molar-refractivity contribution in [3.8, 4) is 11.5 Å². The number of pyridine rings is 1. The monoisotopic (exact) mass is 439 g/mol. The fourth-order valence-electron chi connectivity index (χ4n) is 3.93. The van der Waals surface area contributed by atoms with Crippen LogP contribution in [-0.2, 0) is 9.59 Å². The highest BCUT2D eigenvalue weighted by molar-refractivity contribution is 6.46. The number of nitrogens with zero attached hydrogens (tertiary/aromatic N) is 3. The van der Waals surface area contributed by atoms with E-state index in [9.17, 15) is 14.7 Å². The first-order valence-corrected chi connectivity index (χ1v) is 10.6. The molecule has 2 heterocycles. The number of carbonyl (C=O) groups excluding carboxylic acids is 2. The first kappa shape index (κ1) is 23.3. The third-order valence-electron chi connectivity index (χ3n) is 5.77. The van der Waals surface area contributed by atoms with Crippen LogP contribution in [0.2, 0.25) is 0 Å². The van der Waals surface area contributed by atoms with Crippen molar-refractivity contribution in [2.75, 3.05) is 40.4 Å². The van der Waals surface area contributed by atoms with E-state index in [2.05, 4.69) is 9.88 Å². The van der Waals surface area contributed by atoms with E-state index >= 15 is 0 Å². The number of ketones is 1. The Morgan fingerprint density at radius 1 is 1.06 bits per heavy atom. The molecular formula is C24H29N3O5. The summed E-state index contributed by atoms with van der Waals surface area (Å²) in [6.45, 7) is 6.72. The molecule has 1 amide bonds. The van der Waals surface area contributed by atoms with Gasteiger partial charge in [0.15, 0.2) is 11.5 Å². The van der Waals surface area contributed by atoms with Gasteiger partial charge in [0.05, 0.1) is 25.8 Å². The summed E-state index contributed by atoms with van der Waals surface area (Å²) in [4.78, 5) is 33.8. The summed E-state index contributed by atoms with van der Waals surface area (Å²) in [6.07, 6.45) is 3.05. The van der Waals surface area contributed by atoms with Crippen LogP contribution >= 0.6 is 0 Å². The molecule has 8 nitrogen and oxygen atoms in total. The van der Waals surface area contributed by atoms with Crippen LogP contribution < -0.4 is 9.47 Å². The Balaban J connectivity index is 2.13. The molecule has 170 valence electrons. The van der Waals surface area contributed by atoms with E-state index in [4.69, 9.17) is 9.47 Å². The van der Waals surface area contributed by atoms with Gasteiger partial charge in [0.1, 0.15) is 5.76 Å². The molecule has 0 spiro atoms. The van der Waals surface area contributed by atoms with Crippen molar-refractivity contribution < 1.29 is 24.2 Å². The lowest BCUT2D eigenvalue weighted by molar-refractivity contribution is -0.140. The predicted octanol–water partition coefficient (Wildman–Crippen LogP) is 2.86. The molecule has 2 aromatic rings. The first-order chi connectivity index (χ1) is 15.5.